The molecule has 0 fully saturated rings. The molecule has 1 unspecified atom stereocenters. The summed E-state index contributed by atoms with van der Waals surface area (Å²) in [6, 6.07) is 4.07. The van der Waals surface area contributed by atoms with Crippen LogP contribution in [-0.4, -0.2) is 32.4 Å². The molecular formula is C15H23NO3S. The summed E-state index contributed by atoms with van der Waals surface area (Å²) >= 11 is 1.76. The Morgan fingerprint density at radius 3 is 2.55 bits per heavy atom. The highest BCUT2D eigenvalue weighted by Gasteiger charge is 2.13. The Balaban J connectivity index is 3.01. The molecule has 5 heteroatoms. The number of nitrogens with one attached hydrogen (secondary N) is 1. The molecule has 0 heterocycles. The first-order chi connectivity index (χ1) is 9.65. The van der Waals surface area contributed by atoms with Crippen molar-refractivity contribution in [3.8, 4) is 11.5 Å². The molecule has 0 bridgehead atoms. The number of thioether (sulfide) groups is 1. The van der Waals surface area contributed by atoms with E-state index in [-0.39, 0.29) is 6.04 Å². The fraction of sp³-hybridized carbons (Fsp3) is 0.533. The molecule has 1 aromatic rings. The van der Waals surface area contributed by atoms with Crippen LogP contribution in [0.3, 0.4) is 0 Å². The molecule has 1 atom stereocenters. The minimum absolute atomic E-state index is 0.0558. The fourth-order valence-corrected chi connectivity index (χ4v) is 2.82. The van der Waals surface area contributed by atoms with E-state index in [0.717, 1.165) is 40.5 Å². The van der Waals surface area contributed by atoms with Crippen LogP contribution in [0.25, 0.3) is 0 Å². The molecule has 1 rings (SSSR count). The Hall–Kier alpha value is -1.36. The molecule has 0 aliphatic rings. The number of hydrogen-bond acceptors (Lipinski definition) is 4. The van der Waals surface area contributed by atoms with Gasteiger partial charge < -0.3 is 14.8 Å². The van der Waals surface area contributed by atoms with Crippen molar-refractivity contribution in [2.24, 2.45) is 0 Å². The average molecular weight is 297 g/mol. The summed E-state index contributed by atoms with van der Waals surface area (Å²) in [6.45, 7) is 4.11. The van der Waals surface area contributed by atoms with E-state index in [4.69, 9.17) is 9.47 Å². The van der Waals surface area contributed by atoms with Gasteiger partial charge in [0.2, 0.25) is 6.41 Å². The highest BCUT2D eigenvalue weighted by atomic mass is 32.2. The smallest absolute Gasteiger partial charge is 0.207 e. The quantitative estimate of drug-likeness (QED) is 0.562. The van der Waals surface area contributed by atoms with Gasteiger partial charge in [0.15, 0.2) is 0 Å². The molecule has 0 saturated heterocycles. The second-order valence-electron chi connectivity index (χ2n) is 4.55. The van der Waals surface area contributed by atoms with Crippen LogP contribution in [-0.2, 0) is 11.2 Å². The normalized spacial score (nSPS) is 11.8. The second kappa shape index (κ2) is 8.74. The van der Waals surface area contributed by atoms with E-state index in [9.17, 15) is 4.79 Å². The summed E-state index contributed by atoms with van der Waals surface area (Å²) in [5.74, 6) is 2.74. The Morgan fingerprint density at radius 1 is 1.30 bits per heavy atom. The van der Waals surface area contributed by atoms with E-state index in [1.165, 1.54) is 0 Å². The highest BCUT2D eigenvalue weighted by Crippen LogP contribution is 2.36. The van der Waals surface area contributed by atoms with E-state index in [1.807, 2.05) is 19.1 Å². The van der Waals surface area contributed by atoms with Gasteiger partial charge in [0.05, 0.1) is 19.1 Å². The number of rotatable bonds is 9. The fourth-order valence-electron chi connectivity index (χ4n) is 1.92. The van der Waals surface area contributed by atoms with Gasteiger partial charge in [-0.3, -0.25) is 4.79 Å². The number of benzene rings is 1. The molecule has 0 saturated carbocycles. The summed E-state index contributed by atoms with van der Waals surface area (Å²) < 4.78 is 10.9. The molecule has 4 nitrogen and oxygen atoms in total. The number of hydrogen-bond donors (Lipinski definition) is 1. The number of amides is 1. The molecule has 0 radical (unpaired) electrons. The van der Waals surface area contributed by atoms with E-state index < -0.39 is 0 Å². The molecule has 0 aliphatic heterocycles. The summed E-state index contributed by atoms with van der Waals surface area (Å²) in [5.41, 5.74) is 1.03. The van der Waals surface area contributed by atoms with Crippen molar-refractivity contribution in [3.63, 3.8) is 0 Å². The van der Waals surface area contributed by atoms with Crippen molar-refractivity contribution >= 4 is 18.2 Å². The van der Waals surface area contributed by atoms with Crippen molar-refractivity contribution in [2.45, 2.75) is 37.6 Å². The largest absolute Gasteiger partial charge is 0.496 e. The maximum atomic E-state index is 10.5. The monoisotopic (exact) mass is 297 g/mol. The number of methoxy groups -OCH3 is 2. The SMILES string of the molecule is CCCSc1cc(OC)c(CC(C)NC=O)cc1OC. The van der Waals surface area contributed by atoms with Gasteiger partial charge in [-0.1, -0.05) is 6.92 Å². The van der Waals surface area contributed by atoms with Crippen LogP contribution in [0.4, 0.5) is 0 Å². The maximum absolute atomic E-state index is 10.5. The first-order valence-corrected chi connectivity index (χ1v) is 7.72. The summed E-state index contributed by atoms with van der Waals surface area (Å²) in [4.78, 5) is 11.6. The van der Waals surface area contributed by atoms with Crippen LogP contribution < -0.4 is 14.8 Å². The molecule has 0 aromatic heterocycles. The van der Waals surface area contributed by atoms with Crippen LogP contribution >= 0.6 is 11.8 Å². The number of ether oxygens (including phenoxy) is 2. The lowest BCUT2D eigenvalue weighted by Crippen LogP contribution is -2.26. The van der Waals surface area contributed by atoms with E-state index in [2.05, 4.69) is 12.2 Å². The van der Waals surface area contributed by atoms with Crippen LogP contribution in [0.15, 0.2) is 17.0 Å². The molecule has 0 aliphatic carbocycles. The van der Waals surface area contributed by atoms with Crippen LogP contribution in [0, 0.1) is 0 Å². The van der Waals surface area contributed by atoms with E-state index in [0.29, 0.717) is 6.42 Å². The molecule has 1 aromatic carbocycles. The summed E-state index contributed by atoms with van der Waals surface area (Å²) in [5, 5.41) is 2.75. The van der Waals surface area contributed by atoms with Gasteiger partial charge in [0, 0.05) is 6.04 Å². The molecular weight excluding hydrogens is 274 g/mol. The topological polar surface area (TPSA) is 47.6 Å². The third kappa shape index (κ3) is 4.63. The predicted molar refractivity (Wildman–Crippen MR) is 82.9 cm³/mol. The third-order valence-corrected chi connectivity index (χ3v) is 4.15. The lowest BCUT2D eigenvalue weighted by molar-refractivity contribution is -0.110. The van der Waals surface area contributed by atoms with Gasteiger partial charge in [-0.15, -0.1) is 11.8 Å². The highest BCUT2D eigenvalue weighted by molar-refractivity contribution is 7.99. The zero-order chi connectivity index (χ0) is 15.0. The van der Waals surface area contributed by atoms with Crippen molar-refractivity contribution in [2.75, 3.05) is 20.0 Å². The zero-order valence-corrected chi connectivity index (χ0v) is 13.4. The average Bonchev–Trinajstić information content (AvgIpc) is 2.45. The first kappa shape index (κ1) is 16.7. The Bertz CT molecular complexity index is 437. The number of carbonyl (C=O) groups is 1. The molecule has 1 N–H and O–H groups in total. The molecule has 112 valence electrons. The summed E-state index contributed by atoms with van der Waals surface area (Å²) in [6.07, 6.45) is 2.54. The van der Waals surface area contributed by atoms with Crippen molar-refractivity contribution in [1.29, 1.82) is 0 Å². The molecule has 1 amide bonds. The first-order valence-electron chi connectivity index (χ1n) is 6.73. The van der Waals surface area contributed by atoms with Crippen molar-refractivity contribution in [1.82, 2.24) is 5.32 Å². The van der Waals surface area contributed by atoms with Gasteiger partial charge in [-0.05, 0) is 43.2 Å². The van der Waals surface area contributed by atoms with E-state index in [1.54, 1.807) is 26.0 Å². The standard InChI is InChI=1S/C15H23NO3S/c1-5-6-20-15-9-13(18-3)12(8-14(15)19-4)7-11(2)16-10-17/h8-11H,5-7H2,1-4H3,(H,16,17). The van der Waals surface area contributed by atoms with Crippen LogP contribution in [0.5, 0.6) is 11.5 Å². The maximum Gasteiger partial charge on any atom is 0.207 e. The summed E-state index contributed by atoms with van der Waals surface area (Å²) in [7, 11) is 3.34. The molecule has 0 spiro atoms. The predicted octanol–water partition coefficient (Wildman–Crippen LogP) is 2.88. The van der Waals surface area contributed by atoms with Gasteiger partial charge in [-0.2, -0.15) is 0 Å². The Kier molecular flexibility index (Phi) is 7.30. The van der Waals surface area contributed by atoms with Gasteiger partial charge in [0.1, 0.15) is 11.5 Å². The van der Waals surface area contributed by atoms with Crippen molar-refractivity contribution in [3.05, 3.63) is 17.7 Å². The lowest BCUT2D eigenvalue weighted by Gasteiger charge is -2.17. The van der Waals surface area contributed by atoms with Gasteiger partial charge >= 0.3 is 0 Å². The minimum Gasteiger partial charge on any atom is -0.496 e. The van der Waals surface area contributed by atoms with E-state index >= 15 is 0 Å². The Labute approximate surface area is 125 Å². The van der Waals surface area contributed by atoms with Crippen molar-refractivity contribution < 1.29 is 14.3 Å². The lowest BCUT2D eigenvalue weighted by atomic mass is 10.1. The Morgan fingerprint density at radius 2 is 2.00 bits per heavy atom. The van der Waals surface area contributed by atoms with Gasteiger partial charge in [0.25, 0.3) is 0 Å². The van der Waals surface area contributed by atoms with Crippen LogP contribution in [0.2, 0.25) is 0 Å². The number of carbonyl (C=O) groups excluding carboxylic acids is 1. The second-order valence-corrected chi connectivity index (χ2v) is 5.69. The molecule has 20 heavy (non-hydrogen) atoms. The third-order valence-electron chi connectivity index (χ3n) is 2.91. The van der Waals surface area contributed by atoms with Crippen LogP contribution in [0.1, 0.15) is 25.8 Å². The minimum atomic E-state index is 0.0558. The van der Waals surface area contributed by atoms with Gasteiger partial charge in [-0.25, -0.2) is 0 Å². The zero-order valence-electron chi connectivity index (χ0n) is 12.6.